The summed E-state index contributed by atoms with van der Waals surface area (Å²) in [5.41, 5.74) is 1.89. The summed E-state index contributed by atoms with van der Waals surface area (Å²) in [5.74, 6) is 1.39. The molecular weight excluding hydrogens is 352 g/mol. The molecule has 1 aromatic heterocycles. The summed E-state index contributed by atoms with van der Waals surface area (Å²) in [7, 11) is -3.64. The Labute approximate surface area is 152 Å². The minimum Gasteiger partial charge on any atom is -0.328 e. The summed E-state index contributed by atoms with van der Waals surface area (Å²) >= 11 is 1.47. The number of benzene rings is 2. The third-order valence-electron chi connectivity index (χ3n) is 3.73. The molecule has 3 rings (SSSR count). The van der Waals surface area contributed by atoms with Crippen molar-refractivity contribution in [3.05, 3.63) is 60.2 Å². The van der Waals surface area contributed by atoms with E-state index in [1.807, 2.05) is 37.3 Å². The third-order valence-corrected chi connectivity index (χ3v) is 6.77. The van der Waals surface area contributed by atoms with Crippen molar-refractivity contribution in [2.45, 2.75) is 35.2 Å². The monoisotopic (exact) mass is 372 g/mol. The molecule has 0 fully saturated rings. The van der Waals surface area contributed by atoms with E-state index in [1.54, 1.807) is 24.3 Å². The predicted molar refractivity (Wildman–Crippen MR) is 102 cm³/mol. The summed E-state index contributed by atoms with van der Waals surface area (Å²) in [6.45, 7) is 3.99. The second-order valence-corrected chi connectivity index (χ2v) is 8.72. The molecule has 0 atom stereocenters. The van der Waals surface area contributed by atoms with Crippen molar-refractivity contribution in [3.63, 3.8) is 0 Å². The quantitative estimate of drug-likeness (QED) is 0.636. The van der Waals surface area contributed by atoms with Crippen LogP contribution in [0, 0.1) is 6.92 Å². The first-order chi connectivity index (χ1) is 12.0. The van der Waals surface area contributed by atoms with Gasteiger partial charge in [0, 0.05) is 5.56 Å². The predicted octanol–water partition coefficient (Wildman–Crippen LogP) is 4.72. The Morgan fingerprint density at radius 2 is 1.72 bits per heavy atom. The summed E-state index contributed by atoms with van der Waals surface area (Å²) in [4.78, 5) is 7.87. The third kappa shape index (κ3) is 3.80. The van der Waals surface area contributed by atoms with E-state index in [4.69, 9.17) is 0 Å². The fourth-order valence-corrected chi connectivity index (χ4v) is 4.87. The molecule has 0 aliphatic carbocycles. The van der Waals surface area contributed by atoms with Gasteiger partial charge in [0.15, 0.2) is 5.03 Å². The van der Waals surface area contributed by atoms with E-state index in [0.717, 1.165) is 23.3 Å². The number of aryl methyl sites for hydroxylation is 1. The molecule has 0 aliphatic heterocycles. The SMILES string of the molecule is CCCSc1nc(-c2ccccc2)[nH]c1S(=O)(=O)c1ccc(C)cc1. The van der Waals surface area contributed by atoms with Crippen LogP contribution in [0.1, 0.15) is 18.9 Å². The number of nitrogens with zero attached hydrogens (tertiary/aromatic N) is 1. The Morgan fingerprint density at radius 1 is 1.04 bits per heavy atom. The smallest absolute Gasteiger partial charge is 0.224 e. The van der Waals surface area contributed by atoms with Gasteiger partial charge in [-0.3, -0.25) is 0 Å². The van der Waals surface area contributed by atoms with Crippen molar-refractivity contribution in [1.29, 1.82) is 0 Å². The van der Waals surface area contributed by atoms with Crippen molar-refractivity contribution in [1.82, 2.24) is 9.97 Å². The number of hydrogen-bond acceptors (Lipinski definition) is 4. The minimum absolute atomic E-state index is 0.175. The van der Waals surface area contributed by atoms with E-state index < -0.39 is 9.84 Å². The molecule has 0 unspecified atom stereocenters. The molecule has 0 amide bonds. The zero-order valence-corrected chi connectivity index (χ0v) is 15.8. The Hall–Kier alpha value is -2.05. The Morgan fingerprint density at radius 3 is 2.36 bits per heavy atom. The van der Waals surface area contributed by atoms with Crippen LogP contribution in [0.2, 0.25) is 0 Å². The number of sulfone groups is 1. The van der Waals surface area contributed by atoms with Gasteiger partial charge >= 0.3 is 0 Å². The molecule has 25 heavy (non-hydrogen) atoms. The molecule has 1 N–H and O–H groups in total. The van der Waals surface area contributed by atoms with Crippen LogP contribution < -0.4 is 0 Å². The topological polar surface area (TPSA) is 62.8 Å². The molecule has 1 heterocycles. The highest BCUT2D eigenvalue weighted by Crippen LogP contribution is 2.32. The fourth-order valence-electron chi connectivity index (χ4n) is 2.39. The van der Waals surface area contributed by atoms with Crippen LogP contribution in [-0.4, -0.2) is 24.1 Å². The first-order valence-electron chi connectivity index (χ1n) is 8.12. The van der Waals surface area contributed by atoms with Crippen LogP contribution in [0.3, 0.4) is 0 Å². The van der Waals surface area contributed by atoms with Crippen molar-refractivity contribution in [2.24, 2.45) is 0 Å². The second-order valence-electron chi connectivity index (χ2n) is 5.75. The van der Waals surface area contributed by atoms with Crippen LogP contribution in [0.25, 0.3) is 11.4 Å². The molecule has 6 heteroatoms. The standard InChI is InChI=1S/C19H20N2O2S2/c1-3-13-24-18-19(21-17(20-18)15-7-5-4-6-8-15)25(22,23)16-11-9-14(2)10-12-16/h4-12H,3,13H2,1-2H3,(H,20,21). The summed E-state index contributed by atoms with van der Waals surface area (Å²) < 4.78 is 26.2. The highest BCUT2D eigenvalue weighted by atomic mass is 32.2. The van der Waals surface area contributed by atoms with E-state index >= 15 is 0 Å². The zero-order chi connectivity index (χ0) is 17.9. The maximum Gasteiger partial charge on any atom is 0.224 e. The van der Waals surface area contributed by atoms with E-state index in [9.17, 15) is 8.42 Å². The van der Waals surface area contributed by atoms with Crippen molar-refractivity contribution >= 4 is 21.6 Å². The molecule has 3 aromatic rings. The maximum atomic E-state index is 13.1. The van der Waals surface area contributed by atoms with Crippen LogP contribution >= 0.6 is 11.8 Å². The van der Waals surface area contributed by atoms with Crippen LogP contribution in [-0.2, 0) is 9.84 Å². The largest absolute Gasteiger partial charge is 0.328 e. The number of rotatable bonds is 6. The molecule has 0 spiro atoms. The molecule has 4 nitrogen and oxygen atoms in total. The molecule has 130 valence electrons. The lowest BCUT2D eigenvalue weighted by Gasteiger charge is -2.05. The summed E-state index contributed by atoms with van der Waals surface area (Å²) in [5, 5.41) is 0.704. The van der Waals surface area contributed by atoms with Gasteiger partial charge in [0.1, 0.15) is 10.9 Å². The van der Waals surface area contributed by atoms with Gasteiger partial charge in [-0.2, -0.15) is 0 Å². The normalized spacial score (nSPS) is 11.6. The van der Waals surface area contributed by atoms with Crippen molar-refractivity contribution in [3.8, 4) is 11.4 Å². The highest BCUT2D eigenvalue weighted by Gasteiger charge is 2.26. The maximum absolute atomic E-state index is 13.1. The Bertz CT molecular complexity index is 947. The molecule has 0 aliphatic rings. The van der Waals surface area contributed by atoms with Gasteiger partial charge in [-0.1, -0.05) is 55.0 Å². The lowest BCUT2D eigenvalue weighted by molar-refractivity contribution is 0.590. The van der Waals surface area contributed by atoms with E-state index in [-0.39, 0.29) is 9.92 Å². The highest BCUT2D eigenvalue weighted by molar-refractivity contribution is 8.00. The van der Waals surface area contributed by atoms with E-state index in [2.05, 4.69) is 16.9 Å². The fraction of sp³-hybridized carbons (Fsp3) is 0.211. The molecule has 2 aromatic carbocycles. The lowest BCUT2D eigenvalue weighted by Crippen LogP contribution is -2.04. The molecule has 0 saturated heterocycles. The van der Waals surface area contributed by atoms with Gasteiger partial charge in [-0.25, -0.2) is 13.4 Å². The number of hydrogen-bond donors (Lipinski definition) is 1. The average Bonchev–Trinajstić information content (AvgIpc) is 3.06. The van der Waals surface area contributed by atoms with E-state index in [1.165, 1.54) is 11.8 Å². The van der Waals surface area contributed by atoms with E-state index in [0.29, 0.717) is 10.9 Å². The summed E-state index contributed by atoms with van der Waals surface area (Å²) in [6, 6.07) is 16.5. The Balaban J connectivity index is 2.10. The van der Waals surface area contributed by atoms with Crippen LogP contribution in [0.15, 0.2) is 69.5 Å². The van der Waals surface area contributed by atoms with Gasteiger partial charge in [-0.15, -0.1) is 11.8 Å². The molecule has 0 radical (unpaired) electrons. The Kier molecular flexibility index (Phi) is 5.30. The van der Waals surface area contributed by atoms with Crippen molar-refractivity contribution in [2.75, 3.05) is 5.75 Å². The van der Waals surface area contributed by atoms with Gasteiger partial charge in [-0.05, 0) is 31.2 Å². The zero-order valence-electron chi connectivity index (χ0n) is 14.2. The minimum atomic E-state index is -3.64. The average molecular weight is 373 g/mol. The van der Waals surface area contributed by atoms with Crippen LogP contribution in [0.5, 0.6) is 0 Å². The number of thioether (sulfide) groups is 1. The van der Waals surface area contributed by atoms with Crippen LogP contribution in [0.4, 0.5) is 0 Å². The number of aromatic amines is 1. The second kappa shape index (κ2) is 7.45. The molecule has 0 saturated carbocycles. The number of aromatic nitrogens is 2. The first kappa shape index (κ1) is 17.8. The van der Waals surface area contributed by atoms with Gasteiger partial charge in [0.25, 0.3) is 0 Å². The number of nitrogens with one attached hydrogen (secondary N) is 1. The molecular formula is C19H20N2O2S2. The van der Waals surface area contributed by atoms with Gasteiger partial charge in [0.05, 0.1) is 4.90 Å². The molecule has 0 bridgehead atoms. The number of imidazole rings is 1. The van der Waals surface area contributed by atoms with Gasteiger partial charge < -0.3 is 4.98 Å². The lowest BCUT2D eigenvalue weighted by atomic mass is 10.2. The van der Waals surface area contributed by atoms with Gasteiger partial charge in [0.2, 0.25) is 9.84 Å². The number of H-pyrrole nitrogens is 1. The summed E-state index contributed by atoms with van der Waals surface area (Å²) in [6.07, 6.45) is 0.947. The first-order valence-corrected chi connectivity index (χ1v) is 10.6. The van der Waals surface area contributed by atoms with Crippen molar-refractivity contribution < 1.29 is 8.42 Å².